The Morgan fingerprint density at radius 1 is 1.08 bits per heavy atom. The molecule has 142 valence electrons. The van der Waals surface area contributed by atoms with Crippen molar-refractivity contribution in [2.24, 2.45) is 5.41 Å². The van der Waals surface area contributed by atoms with Crippen molar-refractivity contribution < 1.29 is 19.1 Å². The molecule has 2 rings (SSSR count). The van der Waals surface area contributed by atoms with E-state index < -0.39 is 5.60 Å². The van der Waals surface area contributed by atoms with Gasteiger partial charge in [-0.3, -0.25) is 4.79 Å². The first-order valence-electron chi connectivity index (χ1n) is 8.60. The number of ether oxygens (including phenoxy) is 2. The molecule has 2 heterocycles. The average molecular weight is 369 g/mol. The van der Waals surface area contributed by atoms with E-state index in [0.29, 0.717) is 16.1 Å². The third-order valence-corrected chi connectivity index (χ3v) is 5.33. The van der Waals surface area contributed by atoms with Crippen LogP contribution in [0.5, 0.6) is 0 Å². The number of esters is 2. The fourth-order valence-electron chi connectivity index (χ4n) is 2.48. The smallest absolute Gasteiger partial charge is 0.333 e. The van der Waals surface area contributed by atoms with Crippen molar-refractivity contribution in [2.75, 3.05) is 0 Å². The van der Waals surface area contributed by atoms with E-state index in [1.54, 1.807) is 6.92 Å². The molecule has 0 spiro atoms. The van der Waals surface area contributed by atoms with Crippen LogP contribution in [0.4, 0.5) is 0 Å². The van der Waals surface area contributed by atoms with Gasteiger partial charge < -0.3 is 9.47 Å². The maximum atomic E-state index is 12.1. The van der Waals surface area contributed by atoms with Crippen LogP contribution < -0.4 is 0 Å². The number of fused-ring (bicyclic) bond motifs is 2. The van der Waals surface area contributed by atoms with Crippen LogP contribution in [-0.2, 0) is 19.1 Å². The van der Waals surface area contributed by atoms with Gasteiger partial charge in [-0.2, -0.15) is 0 Å². The first-order chi connectivity index (χ1) is 11.1. The number of hydrogen-bond acceptors (Lipinski definition) is 5. The predicted octanol–water partition coefficient (Wildman–Crippen LogP) is 4.68. The van der Waals surface area contributed by atoms with Gasteiger partial charge in [-0.1, -0.05) is 18.7 Å². The molecule has 4 nitrogen and oxygen atoms in total. The highest BCUT2D eigenvalue weighted by Crippen LogP contribution is 2.53. The van der Waals surface area contributed by atoms with Crippen molar-refractivity contribution in [3.05, 3.63) is 24.3 Å². The zero-order valence-electron chi connectivity index (χ0n) is 16.8. The lowest BCUT2D eigenvalue weighted by molar-refractivity contribution is -0.166. The molecule has 0 aromatic carbocycles. The normalized spacial score (nSPS) is 27.4. The lowest BCUT2D eigenvalue weighted by Gasteiger charge is -2.31. The minimum absolute atomic E-state index is 0.0423. The van der Waals surface area contributed by atoms with Gasteiger partial charge in [0.2, 0.25) is 0 Å². The van der Waals surface area contributed by atoms with E-state index in [1.807, 2.05) is 60.2 Å². The molecule has 0 radical (unpaired) electrons. The summed E-state index contributed by atoms with van der Waals surface area (Å²) in [7, 11) is 0. The summed E-state index contributed by atoms with van der Waals surface area (Å²) in [4.78, 5) is 22.9. The number of thioether (sulfide) groups is 1. The van der Waals surface area contributed by atoms with Crippen molar-refractivity contribution in [1.82, 2.24) is 0 Å². The van der Waals surface area contributed by atoms with Crippen molar-refractivity contribution >= 4 is 23.7 Å². The fourth-order valence-corrected chi connectivity index (χ4v) is 4.15. The molecule has 2 bridgehead atoms. The molecule has 3 unspecified atom stereocenters. The molecule has 0 aliphatic carbocycles. The number of rotatable bonds is 2. The van der Waals surface area contributed by atoms with Crippen LogP contribution in [0.25, 0.3) is 0 Å². The lowest BCUT2D eigenvalue weighted by Crippen LogP contribution is -2.40. The van der Waals surface area contributed by atoms with E-state index in [0.717, 1.165) is 6.42 Å². The topological polar surface area (TPSA) is 52.6 Å². The third kappa shape index (κ3) is 6.53. The summed E-state index contributed by atoms with van der Waals surface area (Å²) >= 11 is 1.88. The van der Waals surface area contributed by atoms with Crippen LogP contribution in [0.2, 0.25) is 0 Å². The van der Waals surface area contributed by atoms with E-state index >= 15 is 0 Å². The number of carbonyl (C=O) groups excluding carboxylic acids is 2. The Morgan fingerprint density at radius 3 is 1.88 bits per heavy atom. The summed E-state index contributed by atoms with van der Waals surface area (Å²) in [5, 5.41) is 0.838. The van der Waals surface area contributed by atoms with Crippen LogP contribution in [-0.4, -0.2) is 33.6 Å². The van der Waals surface area contributed by atoms with E-state index in [1.165, 1.54) is 0 Å². The molecular formula is C20H32O4S. The molecule has 1 fully saturated rings. The van der Waals surface area contributed by atoms with Crippen molar-refractivity contribution in [3.8, 4) is 0 Å². The summed E-state index contributed by atoms with van der Waals surface area (Å²) < 4.78 is 10.5. The minimum Gasteiger partial charge on any atom is -0.460 e. The highest BCUT2D eigenvalue weighted by molar-refractivity contribution is 8.01. The monoisotopic (exact) mass is 368 g/mol. The Kier molecular flexibility index (Phi) is 6.60. The van der Waals surface area contributed by atoms with Crippen LogP contribution in [0.1, 0.15) is 61.8 Å². The van der Waals surface area contributed by atoms with Gasteiger partial charge in [0.15, 0.2) is 0 Å². The van der Waals surface area contributed by atoms with Gasteiger partial charge in [-0.05, 0) is 61.8 Å². The van der Waals surface area contributed by atoms with Gasteiger partial charge in [0, 0.05) is 16.1 Å². The van der Waals surface area contributed by atoms with Crippen molar-refractivity contribution in [1.29, 1.82) is 0 Å². The van der Waals surface area contributed by atoms with E-state index in [2.05, 4.69) is 18.7 Å². The van der Waals surface area contributed by atoms with Gasteiger partial charge in [0.1, 0.15) is 11.2 Å². The Bertz CT molecular complexity index is 565. The van der Waals surface area contributed by atoms with Gasteiger partial charge in [0.25, 0.3) is 0 Å². The largest absolute Gasteiger partial charge is 0.460 e. The van der Waals surface area contributed by atoms with Crippen LogP contribution in [0.15, 0.2) is 24.3 Å². The Hall–Kier alpha value is -1.23. The molecule has 1 saturated heterocycles. The summed E-state index contributed by atoms with van der Waals surface area (Å²) in [5.41, 5.74) is -0.654. The molecule has 3 atom stereocenters. The zero-order valence-corrected chi connectivity index (χ0v) is 17.6. The predicted molar refractivity (Wildman–Crippen MR) is 104 cm³/mol. The quantitative estimate of drug-likeness (QED) is 0.402. The van der Waals surface area contributed by atoms with Gasteiger partial charge in [0.05, 0.1) is 5.41 Å². The highest BCUT2D eigenvalue weighted by atomic mass is 32.2. The van der Waals surface area contributed by atoms with Gasteiger partial charge >= 0.3 is 11.9 Å². The van der Waals surface area contributed by atoms with Gasteiger partial charge in [-0.25, -0.2) is 4.79 Å². The minimum atomic E-state index is -0.407. The fraction of sp³-hybridized carbons (Fsp3) is 0.700. The molecule has 2 aliphatic rings. The molecule has 2 aliphatic heterocycles. The Labute approximate surface area is 156 Å². The van der Waals surface area contributed by atoms with Crippen LogP contribution in [0, 0.1) is 5.41 Å². The first-order valence-corrected chi connectivity index (χ1v) is 9.54. The molecule has 0 saturated carbocycles. The molecule has 0 amide bonds. The van der Waals surface area contributed by atoms with E-state index in [9.17, 15) is 9.59 Å². The maximum Gasteiger partial charge on any atom is 0.333 e. The second kappa shape index (κ2) is 7.56. The van der Waals surface area contributed by atoms with Crippen molar-refractivity contribution in [3.63, 3.8) is 0 Å². The maximum absolute atomic E-state index is 12.1. The molecule has 0 aromatic heterocycles. The van der Waals surface area contributed by atoms with Crippen LogP contribution >= 0.6 is 11.8 Å². The van der Waals surface area contributed by atoms with E-state index in [-0.39, 0.29) is 23.0 Å². The highest BCUT2D eigenvalue weighted by Gasteiger charge is 2.52. The van der Waals surface area contributed by atoms with Crippen LogP contribution in [0.3, 0.4) is 0 Å². The van der Waals surface area contributed by atoms with Gasteiger partial charge in [-0.15, -0.1) is 11.8 Å². The average Bonchev–Trinajstić information content (AvgIpc) is 2.95. The standard InChI is InChI=1S/C12H18O2S.C8H14O2/c1-11(2,3)14-10(13)12(4)7-8-5-6-9(12)15-8;1-6(2)7(9)10-8(3,4)5/h5-6,8-9H,7H2,1-4H3;1H2,2-5H3. The number of hydrogen-bond donors (Lipinski definition) is 0. The molecule has 5 heteroatoms. The molecule has 0 N–H and O–H groups in total. The molecular weight excluding hydrogens is 336 g/mol. The zero-order chi connectivity index (χ0) is 19.6. The van der Waals surface area contributed by atoms with E-state index in [4.69, 9.17) is 9.47 Å². The summed E-state index contributed by atoms with van der Waals surface area (Å²) in [6.07, 6.45) is 5.29. The molecule has 25 heavy (non-hydrogen) atoms. The summed E-state index contributed by atoms with van der Waals surface area (Å²) in [5.74, 6) is -0.369. The number of carbonyl (C=O) groups is 2. The lowest BCUT2D eigenvalue weighted by atomic mass is 9.79. The Balaban J connectivity index is 0.000000275. The second-order valence-corrected chi connectivity index (χ2v) is 10.3. The second-order valence-electron chi connectivity index (χ2n) is 8.89. The SMILES string of the molecule is C=C(C)C(=O)OC(C)(C)C.CC(C)(C)OC(=O)C1(C)CC2C=CC1S2. The molecule has 0 aromatic rings. The first kappa shape index (κ1) is 21.8. The summed E-state index contributed by atoms with van der Waals surface area (Å²) in [6, 6.07) is 0. The summed E-state index contributed by atoms with van der Waals surface area (Å²) in [6.45, 7) is 18.4. The Morgan fingerprint density at radius 2 is 1.60 bits per heavy atom. The third-order valence-electron chi connectivity index (χ3n) is 3.69. The van der Waals surface area contributed by atoms with Crippen molar-refractivity contribution in [2.45, 2.75) is 83.5 Å².